The standard InChI is InChI=1S/C35H51N5O8/c1-7-35(8-2,31(43)46-9-3)38-29(41)27-18-25(48-33(45)39-19-24-16-13-17-36-26(24)21-39)20-40(27)30(42)28(23-14-11-10-12-15-23)37-32(44)47-22-34(4,5)6/h7,13,16-17,23,25,27-28H,1,8-12,14-15,18-22H2,2-6H3,(H,37,44)(H,38,41)/t25-,27+,28+,35+/m1/s1. The van der Waals surface area contributed by atoms with Gasteiger partial charge >= 0.3 is 18.2 Å². The van der Waals surface area contributed by atoms with E-state index in [2.05, 4.69) is 22.2 Å². The van der Waals surface area contributed by atoms with Gasteiger partial charge in [-0.05, 0) is 49.1 Å². The molecule has 4 rings (SSSR count). The molecular formula is C35H51N5O8. The van der Waals surface area contributed by atoms with E-state index in [9.17, 15) is 24.0 Å². The molecule has 0 unspecified atom stereocenters. The minimum atomic E-state index is -1.53. The Kier molecular flexibility index (Phi) is 12.1. The number of hydrogen-bond acceptors (Lipinski definition) is 9. The molecule has 1 saturated heterocycles. The van der Waals surface area contributed by atoms with Crippen molar-refractivity contribution in [2.24, 2.45) is 11.3 Å². The number of amides is 4. The van der Waals surface area contributed by atoms with Crippen molar-refractivity contribution in [2.45, 2.75) is 116 Å². The number of ether oxygens (including phenoxy) is 3. The lowest BCUT2D eigenvalue weighted by Crippen LogP contribution is -2.60. The van der Waals surface area contributed by atoms with Gasteiger partial charge in [0.2, 0.25) is 11.8 Å². The number of nitrogens with zero attached hydrogens (tertiary/aromatic N) is 3. The van der Waals surface area contributed by atoms with Crippen LogP contribution in [-0.2, 0) is 41.7 Å². The van der Waals surface area contributed by atoms with Crippen LogP contribution in [0.2, 0.25) is 0 Å². The van der Waals surface area contributed by atoms with Crippen molar-refractivity contribution >= 4 is 30.0 Å². The van der Waals surface area contributed by atoms with E-state index in [-0.39, 0.29) is 50.5 Å². The molecule has 0 spiro atoms. The molecule has 2 fully saturated rings. The number of fused-ring (bicyclic) bond motifs is 1. The number of alkyl carbamates (subject to hydrolysis) is 1. The van der Waals surface area contributed by atoms with Crippen LogP contribution in [0, 0.1) is 11.3 Å². The summed E-state index contributed by atoms with van der Waals surface area (Å²) >= 11 is 0. The Morgan fingerprint density at radius 2 is 1.81 bits per heavy atom. The number of rotatable bonds is 11. The van der Waals surface area contributed by atoms with Crippen LogP contribution in [-0.4, -0.2) is 88.2 Å². The van der Waals surface area contributed by atoms with E-state index >= 15 is 0 Å². The summed E-state index contributed by atoms with van der Waals surface area (Å²) in [5.41, 5.74) is -0.0923. The summed E-state index contributed by atoms with van der Waals surface area (Å²) in [5, 5.41) is 5.60. The normalized spacial score (nSPS) is 21.4. The molecule has 3 aliphatic rings. The van der Waals surface area contributed by atoms with Crippen molar-refractivity contribution in [3.63, 3.8) is 0 Å². The number of esters is 1. The van der Waals surface area contributed by atoms with Gasteiger partial charge in [-0.2, -0.15) is 0 Å². The van der Waals surface area contributed by atoms with Crippen LogP contribution in [0.4, 0.5) is 9.59 Å². The summed E-state index contributed by atoms with van der Waals surface area (Å²) in [7, 11) is 0. The Balaban J connectivity index is 1.59. The first-order chi connectivity index (χ1) is 22.8. The number of pyridine rings is 1. The fraction of sp³-hybridized carbons (Fsp3) is 0.657. The maximum absolute atomic E-state index is 14.5. The molecule has 13 nitrogen and oxygen atoms in total. The Hall–Kier alpha value is -4.16. The lowest BCUT2D eigenvalue weighted by atomic mass is 9.83. The molecule has 3 heterocycles. The Morgan fingerprint density at radius 1 is 1.08 bits per heavy atom. The van der Waals surface area contributed by atoms with Gasteiger partial charge in [0.05, 0.1) is 38.5 Å². The Bertz CT molecular complexity index is 1330. The van der Waals surface area contributed by atoms with Crippen LogP contribution in [0.5, 0.6) is 0 Å². The van der Waals surface area contributed by atoms with Gasteiger partial charge in [-0.15, -0.1) is 6.58 Å². The van der Waals surface area contributed by atoms with Gasteiger partial charge in [-0.3, -0.25) is 19.5 Å². The molecule has 1 aliphatic carbocycles. The van der Waals surface area contributed by atoms with Crippen LogP contribution in [0.3, 0.4) is 0 Å². The first-order valence-electron chi connectivity index (χ1n) is 17.1. The lowest BCUT2D eigenvalue weighted by Gasteiger charge is -2.35. The van der Waals surface area contributed by atoms with Gasteiger partial charge in [0.15, 0.2) is 5.54 Å². The third-order valence-corrected chi connectivity index (χ3v) is 9.25. The molecule has 1 aromatic rings. The molecule has 1 saturated carbocycles. The first-order valence-corrected chi connectivity index (χ1v) is 17.1. The molecule has 264 valence electrons. The topological polar surface area (TPSA) is 156 Å². The fourth-order valence-electron chi connectivity index (χ4n) is 6.52. The van der Waals surface area contributed by atoms with Gasteiger partial charge in [0.25, 0.3) is 0 Å². The van der Waals surface area contributed by atoms with E-state index in [1.807, 2.05) is 32.9 Å². The molecular weight excluding hydrogens is 618 g/mol. The van der Waals surface area contributed by atoms with Crippen LogP contribution in [0.15, 0.2) is 31.0 Å². The highest BCUT2D eigenvalue weighted by Gasteiger charge is 2.48. The Morgan fingerprint density at radius 3 is 2.44 bits per heavy atom. The highest BCUT2D eigenvalue weighted by Crippen LogP contribution is 2.31. The van der Waals surface area contributed by atoms with Gasteiger partial charge in [0, 0.05) is 12.6 Å². The van der Waals surface area contributed by atoms with Crippen LogP contribution >= 0.6 is 0 Å². The van der Waals surface area contributed by atoms with Crippen molar-refractivity contribution in [2.75, 3.05) is 19.8 Å². The lowest BCUT2D eigenvalue weighted by molar-refractivity contribution is -0.152. The molecule has 13 heteroatoms. The van der Waals surface area contributed by atoms with E-state index in [1.54, 1.807) is 20.0 Å². The smallest absolute Gasteiger partial charge is 0.410 e. The minimum Gasteiger partial charge on any atom is -0.464 e. The second kappa shape index (κ2) is 15.8. The minimum absolute atomic E-state index is 0.00598. The number of nitrogens with one attached hydrogen (secondary N) is 2. The third kappa shape index (κ3) is 8.84. The number of carbonyl (C=O) groups excluding carboxylic acids is 5. The van der Waals surface area contributed by atoms with Gasteiger partial charge in [-0.25, -0.2) is 14.4 Å². The second-order valence-corrected chi connectivity index (χ2v) is 14.1. The van der Waals surface area contributed by atoms with Crippen molar-refractivity contribution in [1.29, 1.82) is 0 Å². The van der Waals surface area contributed by atoms with Crippen molar-refractivity contribution in [3.8, 4) is 0 Å². The summed E-state index contributed by atoms with van der Waals surface area (Å²) < 4.78 is 16.6. The largest absolute Gasteiger partial charge is 0.464 e. The maximum Gasteiger partial charge on any atom is 0.410 e. The number of hydrogen-bond donors (Lipinski definition) is 2. The zero-order valence-corrected chi connectivity index (χ0v) is 28.9. The fourth-order valence-corrected chi connectivity index (χ4v) is 6.52. The molecule has 0 aromatic carbocycles. The van der Waals surface area contributed by atoms with Crippen molar-refractivity contribution in [3.05, 3.63) is 42.2 Å². The van der Waals surface area contributed by atoms with E-state index in [1.165, 1.54) is 15.9 Å². The summed E-state index contributed by atoms with van der Waals surface area (Å²) in [6, 6.07) is 1.65. The van der Waals surface area contributed by atoms with Crippen molar-refractivity contribution in [1.82, 2.24) is 25.4 Å². The zero-order valence-electron chi connectivity index (χ0n) is 28.9. The number of likely N-dealkylation sites (tertiary alicyclic amines) is 1. The molecule has 2 N–H and O–H groups in total. The molecule has 4 amide bonds. The number of carbonyl (C=O) groups is 5. The van der Waals surface area contributed by atoms with Crippen LogP contribution < -0.4 is 10.6 Å². The van der Waals surface area contributed by atoms with E-state index in [0.717, 1.165) is 43.4 Å². The van der Waals surface area contributed by atoms with Crippen molar-refractivity contribution < 1.29 is 38.2 Å². The Labute approximate surface area is 283 Å². The predicted molar refractivity (Wildman–Crippen MR) is 176 cm³/mol. The summed E-state index contributed by atoms with van der Waals surface area (Å²) in [6.07, 6.45) is 5.33. The highest BCUT2D eigenvalue weighted by atomic mass is 16.6. The maximum atomic E-state index is 14.5. The third-order valence-electron chi connectivity index (χ3n) is 9.25. The monoisotopic (exact) mass is 669 g/mol. The molecule has 4 atom stereocenters. The molecule has 1 aromatic heterocycles. The zero-order chi connectivity index (χ0) is 35.1. The second-order valence-electron chi connectivity index (χ2n) is 14.1. The molecule has 2 aliphatic heterocycles. The summed E-state index contributed by atoms with van der Waals surface area (Å²) in [6.45, 7) is 13.8. The van der Waals surface area contributed by atoms with Gasteiger partial charge in [0.1, 0.15) is 18.2 Å². The molecule has 0 bridgehead atoms. The molecule has 0 radical (unpaired) electrons. The molecule has 48 heavy (non-hydrogen) atoms. The highest BCUT2D eigenvalue weighted by molar-refractivity contribution is 5.95. The summed E-state index contributed by atoms with van der Waals surface area (Å²) in [4.78, 5) is 75.0. The van der Waals surface area contributed by atoms with E-state index < -0.39 is 53.7 Å². The SMILES string of the molecule is C=C[C@@](CC)(NC(=O)[C@@H]1C[C@@H](OC(=O)N2Cc3cccnc3C2)CN1C(=O)[C@@H](NC(=O)OCC(C)(C)C)C1CCCCC1)C(=O)OCC. The van der Waals surface area contributed by atoms with Crippen LogP contribution in [0.25, 0.3) is 0 Å². The summed E-state index contributed by atoms with van der Waals surface area (Å²) in [5.74, 6) is -1.92. The average Bonchev–Trinajstić information content (AvgIpc) is 3.70. The number of aromatic nitrogens is 1. The van der Waals surface area contributed by atoms with E-state index in [0.29, 0.717) is 6.54 Å². The van der Waals surface area contributed by atoms with Gasteiger partial charge < -0.3 is 29.7 Å². The van der Waals surface area contributed by atoms with Crippen LogP contribution in [0.1, 0.15) is 90.8 Å². The first kappa shape index (κ1) is 36.7. The van der Waals surface area contributed by atoms with E-state index in [4.69, 9.17) is 14.2 Å². The van der Waals surface area contributed by atoms with Gasteiger partial charge in [-0.1, -0.05) is 59.1 Å². The predicted octanol–water partition coefficient (Wildman–Crippen LogP) is 4.24. The quantitative estimate of drug-likeness (QED) is 0.200. The average molecular weight is 670 g/mol.